The second-order valence-electron chi connectivity index (χ2n) is 8.43. The molecule has 8 nitrogen and oxygen atoms in total. The predicted molar refractivity (Wildman–Crippen MR) is 127 cm³/mol. The second-order valence-corrected chi connectivity index (χ2v) is 8.83. The smallest absolute Gasteiger partial charge is 0.212 e. The maximum absolute atomic E-state index is 10.6. The van der Waals surface area contributed by atoms with E-state index < -0.39 is 0 Å². The van der Waals surface area contributed by atoms with E-state index in [2.05, 4.69) is 25.9 Å². The molecule has 32 heavy (non-hydrogen) atoms. The molecule has 0 spiro atoms. The summed E-state index contributed by atoms with van der Waals surface area (Å²) in [5, 5.41) is 9.53. The van der Waals surface area contributed by atoms with Crippen LogP contribution in [0.5, 0.6) is 0 Å². The van der Waals surface area contributed by atoms with Crippen molar-refractivity contribution in [3.8, 4) is 11.3 Å². The van der Waals surface area contributed by atoms with Crippen LogP contribution in [0.2, 0.25) is 5.02 Å². The summed E-state index contributed by atoms with van der Waals surface area (Å²) in [6.07, 6.45) is 6.23. The van der Waals surface area contributed by atoms with Crippen molar-refractivity contribution in [3.05, 3.63) is 35.5 Å². The molecule has 4 rings (SSSR count). The molecule has 2 aromatic rings. The SMILES string of the molecule is C1CCNCC1.CC1(C)COCC(CNc2cccc(-c3cc(NC=O)ncc3Cl)n2)O1. The molecule has 2 fully saturated rings. The normalized spacial score (nSPS) is 19.9. The van der Waals surface area contributed by atoms with Crippen LogP contribution in [0.3, 0.4) is 0 Å². The Balaban J connectivity index is 0.000000416. The van der Waals surface area contributed by atoms with Crippen molar-refractivity contribution < 1.29 is 14.3 Å². The van der Waals surface area contributed by atoms with Gasteiger partial charge in [0.15, 0.2) is 0 Å². The number of hydrogen-bond acceptors (Lipinski definition) is 7. The van der Waals surface area contributed by atoms with Crippen molar-refractivity contribution in [3.63, 3.8) is 0 Å². The van der Waals surface area contributed by atoms with Gasteiger partial charge in [-0.25, -0.2) is 9.97 Å². The van der Waals surface area contributed by atoms with Gasteiger partial charge in [-0.05, 0) is 58.0 Å². The monoisotopic (exact) mass is 461 g/mol. The number of aromatic nitrogens is 2. The number of pyridine rings is 2. The third-order valence-corrected chi connectivity index (χ3v) is 5.35. The van der Waals surface area contributed by atoms with E-state index in [1.165, 1.54) is 38.5 Å². The summed E-state index contributed by atoms with van der Waals surface area (Å²) in [6.45, 7) is 8.24. The van der Waals surface area contributed by atoms with Crippen molar-refractivity contribution in [1.82, 2.24) is 15.3 Å². The minimum atomic E-state index is -0.285. The van der Waals surface area contributed by atoms with Gasteiger partial charge in [0.25, 0.3) is 0 Å². The first-order valence-corrected chi connectivity index (χ1v) is 11.4. The van der Waals surface area contributed by atoms with Crippen molar-refractivity contribution in [1.29, 1.82) is 0 Å². The summed E-state index contributed by atoms with van der Waals surface area (Å²) in [5.41, 5.74) is 1.08. The fourth-order valence-electron chi connectivity index (χ4n) is 3.53. The van der Waals surface area contributed by atoms with Gasteiger partial charge in [-0.2, -0.15) is 0 Å². The average molecular weight is 462 g/mol. The highest BCUT2D eigenvalue weighted by Gasteiger charge is 2.29. The van der Waals surface area contributed by atoms with E-state index in [-0.39, 0.29) is 11.7 Å². The molecule has 1 amide bonds. The van der Waals surface area contributed by atoms with Gasteiger partial charge >= 0.3 is 0 Å². The molecule has 9 heteroatoms. The first-order chi connectivity index (χ1) is 15.5. The van der Waals surface area contributed by atoms with Crippen LogP contribution in [0.4, 0.5) is 11.6 Å². The van der Waals surface area contributed by atoms with E-state index in [4.69, 9.17) is 21.1 Å². The largest absolute Gasteiger partial charge is 0.376 e. The van der Waals surface area contributed by atoms with Gasteiger partial charge < -0.3 is 25.4 Å². The van der Waals surface area contributed by atoms with E-state index in [1.54, 1.807) is 6.07 Å². The van der Waals surface area contributed by atoms with Gasteiger partial charge in [-0.15, -0.1) is 0 Å². The number of rotatable bonds is 6. The lowest BCUT2D eigenvalue weighted by Crippen LogP contribution is -2.45. The molecule has 2 aromatic heterocycles. The van der Waals surface area contributed by atoms with Crippen molar-refractivity contribution in [2.75, 3.05) is 43.5 Å². The molecule has 2 aliphatic rings. The van der Waals surface area contributed by atoms with Crippen LogP contribution in [-0.4, -0.2) is 60.9 Å². The fraction of sp³-hybridized carbons (Fsp3) is 0.522. The van der Waals surface area contributed by atoms with Crippen LogP contribution in [0.1, 0.15) is 33.1 Å². The Labute approximate surface area is 194 Å². The summed E-state index contributed by atoms with van der Waals surface area (Å²) >= 11 is 6.24. The zero-order valence-electron chi connectivity index (χ0n) is 18.7. The van der Waals surface area contributed by atoms with Gasteiger partial charge in [-0.1, -0.05) is 24.1 Å². The zero-order chi connectivity index (χ0) is 22.8. The van der Waals surface area contributed by atoms with Gasteiger partial charge in [0.1, 0.15) is 11.6 Å². The molecule has 0 saturated carbocycles. The van der Waals surface area contributed by atoms with Crippen LogP contribution in [0, 0.1) is 0 Å². The standard InChI is InChI=1S/C18H21ClN4O3.C5H11N/c1-18(2)10-25-9-12(26-18)7-20-16-5-3-4-15(23-16)13-6-17(22-11-24)21-8-14(13)19;1-2-4-6-5-3-1/h3-6,8,11-12H,7,9-10H2,1-2H3,(H,20,23)(H,21,22,24);6H,1-5H2. The molecule has 3 N–H and O–H groups in total. The lowest BCUT2D eigenvalue weighted by atomic mass is 10.1. The lowest BCUT2D eigenvalue weighted by Gasteiger charge is -2.36. The zero-order valence-corrected chi connectivity index (χ0v) is 19.5. The van der Waals surface area contributed by atoms with Gasteiger partial charge in [0.05, 0.1) is 35.6 Å². The number of piperidine rings is 1. The second kappa shape index (κ2) is 12.1. The van der Waals surface area contributed by atoms with E-state index >= 15 is 0 Å². The summed E-state index contributed by atoms with van der Waals surface area (Å²) < 4.78 is 11.6. The Morgan fingerprint density at radius 2 is 2.06 bits per heavy atom. The van der Waals surface area contributed by atoms with Gasteiger partial charge in [0, 0.05) is 18.3 Å². The number of carbonyl (C=O) groups is 1. The highest BCUT2D eigenvalue weighted by atomic mass is 35.5. The summed E-state index contributed by atoms with van der Waals surface area (Å²) in [5.74, 6) is 1.11. The van der Waals surface area contributed by atoms with Gasteiger partial charge in [0.2, 0.25) is 6.41 Å². The lowest BCUT2D eigenvalue weighted by molar-refractivity contribution is -0.177. The Kier molecular flexibility index (Phi) is 9.23. The van der Waals surface area contributed by atoms with E-state index in [1.807, 2.05) is 32.0 Å². The third kappa shape index (κ3) is 7.70. The molecule has 1 atom stereocenters. The van der Waals surface area contributed by atoms with Crippen molar-refractivity contribution in [2.24, 2.45) is 0 Å². The molecule has 2 aliphatic heterocycles. The molecule has 0 aliphatic carbocycles. The molecule has 174 valence electrons. The quantitative estimate of drug-likeness (QED) is 0.564. The summed E-state index contributed by atoms with van der Waals surface area (Å²) in [7, 11) is 0. The molecular weight excluding hydrogens is 430 g/mol. The predicted octanol–water partition coefficient (Wildman–Crippen LogP) is 3.73. The maximum Gasteiger partial charge on any atom is 0.212 e. The number of carbonyl (C=O) groups excluding carboxylic acids is 1. The summed E-state index contributed by atoms with van der Waals surface area (Å²) in [4.78, 5) is 19.2. The molecule has 0 aromatic carbocycles. The average Bonchev–Trinajstić information content (AvgIpc) is 2.80. The number of halogens is 1. The first kappa shape index (κ1) is 24.4. The molecule has 4 heterocycles. The number of nitrogens with zero attached hydrogens (tertiary/aromatic N) is 2. The number of ether oxygens (including phenoxy) is 2. The van der Waals surface area contributed by atoms with E-state index in [0.29, 0.717) is 54.1 Å². The maximum atomic E-state index is 10.6. The van der Waals surface area contributed by atoms with Crippen LogP contribution in [0.15, 0.2) is 30.5 Å². The molecule has 0 bridgehead atoms. The number of hydrogen-bond donors (Lipinski definition) is 3. The third-order valence-electron chi connectivity index (χ3n) is 5.04. The Hall–Kier alpha value is -2.26. The van der Waals surface area contributed by atoms with Crippen molar-refractivity contribution >= 4 is 29.6 Å². The molecule has 1 unspecified atom stereocenters. The molecule has 2 saturated heterocycles. The highest BCUT2D eigenvalue weighted by Crippen LogP contribution is 2.28. The van der Waals surface area contributed by atoms with Crippen LogP contribution in [-0.2, 0) is 14.3 Å². The fourth-order valence-corrected chi connectivity index (χ4v) is 3.73. The van der Waals surface area contributed by atoms with Crippen LogP contribution in [0.25, 0.3) is 11.3 Å². The molecule has 0 radical (unpaired) electrons. The highest BCUT2D eigenvalue weighted by molar-refractivity contribution is 6.33. The number of anilines is 2. The molecular formula is C23H32ClN5O3. The van der Waals surface area contributed by atoms with Crippen molar-refractivity contribution in [2.45, 2.75) is 44.8 Å². The minimum absolute atomic E-state index is 0.0443. The number of nitrogens with one attached hydrogen (secondary N) is 3. The van der Waals surface area contributed by atoms with Crippen LogP contribution < -0.4 is 16.0 Å². The topological polar surface area (TPSA) is 97.4 Å². The Morgan fingerprint density at radius 1 is 1.25 bits per heavy atom. The van der Waals surface area contributed by atoms with E-state index in [0.717, 1.165) is 0 Å². The summed E-state index contributed by atoms with van der Waals surface area (Å²) in [6, 6.07) is 7.29. The number of amides is 1. The Morgan fingerprint density at radius 3 is 2.72 bits per heavy atom. The van der Waals surface area contributed by atoms with Gasteiger partial charge in [-0.3, -0.25) is 4.79 Å². The van der Waals surface area contributed by atoms with Crippen LogP contribution >= 0.6 is 11.6 Å². The Bertz CT molecular complexity index is 865. The minimum Gasteiger partial charge on any atom is -0.376 e. The van der Waals surface area contributed by atoms with E-state index in [9.17, 15) is 4.79 Å². The first-order valence-electron chi connectivity index (χ1n) is 11.0.